The zero-order valence-electron chi connectivity index (χ0n) is 20.4. The monoisotopic (exact) mass is 435 g/mol. The van der Waals surface area contributed by atoms with Gasteiger partial charge in [-0.3, -0.25) is 4.79 Å². The van der Waals surface area contributed by atoms with Gasteiger partial charge >= 0.3 is 6.09 Å². The second-order valence-corrected chi connectivity index (χ2v) is 11.8. The number of nitrogens with one attached hydrogen (secondary N) is 1. The van der Waals surface area contributed by atoms with E-state index in [1.54, 1.807) is 0 Å². The molecule has 0 aliphatic heterocycles. The first-order chi connectivity index (χ1) is 14.3. The average molecular weight is 436 g/mol. The summed E-state index contributed by atoms with van der Waals surface area (Å²) < 4.78 is 5.55. The molecule has 31 heavy (non-hydrogen) atoms. The van der Waals surface area contributed by atoms with Crippen LogP contribution in [0.4, 0.5) is 4.79 Å². The maximum atomic E-state index is 14.0. The molecule has 0 spiro atoms. The zero-order chi connectivity index (χ0) is 23.2. The van der Waals surface area contributed by atoms with E-state index < -0.39 is 28.7 Å². The standard InChI is InChI=1S/C24H41N3O4/c1-8-16(4)27(15(2)3)20(28)19(25-21(29)31-22(5,6)7)23-10-17-9-18(11-23)13-24(12-17,14-23)26-30/h15-19H,8-14H2,1-7H3,(H,25,29). The summed E-state index contributed by atoms with van der Waals surface area (Å²) in [5.41, 5.74) is -1.68. The van der Waals surface area contributed by atoms with Gasteiger partial charge < -0.3 is 15.0 Å². The normalized spacial score (nSPS) is 33.7. The zero-order valence-corrected chi connectivity index (χ0v) is 20.4. The van der Waals surface area contributed by atoms with Gasteiger partial charge in [-0.15, -0.1) is 0 Å². The lowest BCUT2D eigenvalue weighted by Gasteiger charge is -2.61. The maximum absolute atomic E-state index is 14.0. The largest absolute Gasteiger partial charge is 0.444 e. The van der Waals surface area contributed by atoms with Gasteiger partial charge in [-0.2, -0.15) is 4.91 Å². The van der Waals surface area contributed by atoms with E-state index >= 15 is 0 Å². The Morgan fingerprint density at radius 2 is 1.71 bits per heavy atom. The first-order valence-electron chi connectivity index (χ1n) is 12.0. The topological polar surface area (TPSA) is 88.1 Å². The highest BCUT2D eigenvalue weighted by Gasteiger charge is 2.63. The van der Waals surface area contributed by atoms with Crippen molar-refractivity contribution < 1.29 is 14.3 Å². The summed E-state index contributed by atoms with van der Waals surface area (Å²) in [4.78, 5) is 40.7. The molecule has 4 bridgehead atoms. The Balaban J connectivity index is 1.98. The van der Waals surface area contributed by atoms with E-state index in [0.717, 1.165) is 38.5 Å². The summed E-state index contributed by atoms with van der Waals surface area (Å²) >= 11 is 0. The van der Waals surface area contributed by atoms with Gasteiger partial charge in [0.05, 0.1) is 0 Å². The lowest BCUT2D eigenvalue weighted by molar-refractivity contribution is -0.150. The number of rotatable bonds is 7. The van der Waals surface area contributed by atoms with Crippen LogP contribution in [-0.2, 0) is 9.53 Å². The Bertz CT molecular complexity index is 700. The molecule has 7 nitrogen and oxygen atoms in total. The van der Waals surface area contributed by atoms with Crippen molar-refractivity contribution in [3.63, 3.8) is 0 Å². The van der Waals surface area contributed by atoms with E-state index in [1.165, 1.54) is 0 Å². The fourth-order valence-electron chi connectivity index (χ4n) is 6.96. The fraction of sp³-hybridized carbons (Fsp3) is 0.917. The van der Waals surface area contributed by atoms with Gasteiger partial charge in [0.1, 0.15) is 17.2 Å². The number of amides is 2. The first-order valence-corrected chi connectivity index (χ1v) is 12.0. The number of nitrogens with zero attached hydrogens (tertiary/aromatic N) is 2. The summed E-state index contributed by atoms with van der Waals surface area (Å²) in [6.07, 6.45) is 5.31. The Hall–Kier alpha value is -1.66. The Kier molecular flexibility index (Phi) is 6.47. The molecule has 0 aromatic rings. The molecule has 4 aliphatic carbocycles. The highest BCUT2D eigenvalue weighted by molar-refractivity contribution is 5.87. The number of carbonyl (C=O) groups excluding carboxylic acids is 2. The van der Waals surface area contributed by atoms with Crippen LogP contribution in [-0.4, -0.2) is 46.2 Å². The molecule has 4 unspecified atom stereocenters. The van der Waals surface area contributed by atoms with Crippen molar-refractivity contribution in [3.05, 3.63) is 4.91 Å². The number of ether oxygens (including phenoxy) is 1. The summed E-state index contributed by atoms with van der Waals surface area (Å²) in [7, 11) is 0. The van der Waals surface area contributed by atoms with Crippen LogP contribution in [0.2, 0.25) is 0 Å². The predicted molar refractivity (Wildman–Crippen MR) is 121 cm³/mol. The van der Waals surface area contributed by atoms with Crippen LogP contribution in [0.25, 0.3) is 0 Å². The first kappa shape index (κ1) is 24.0. The van der Waals surface area contributed by atoms with E-state index in [1.807, 2.05) is 39.5 Å². The third-order valence-electron chi connectivity index (χ3n) is 7.67. The van der Waals surface area contributed by atoms with Crippen molar-refractivity contribution in [2.24, 2.45) is 22.4 Å². The lowest BCUT2D eigenvalue weighted by atomic mass is 9.45. The van der Waals surface area contributed by atoms with Gasteiger partial charge in [0.25, 0.3) is 0 Å². The number of nitroso groups, excluding NO2 is 1. The molecule has 4 rings (SSSR count). The van der Waals surface area contributed by atoms with Crippen molar-refractivity contribution >= 4 is 12.0 Å². The van der Waals surface area contributed by atoms with Crippen LogP contribution in [0.5, 0.6) is 0 Å². The minimum absolute atomic E-state index is 0.0115. The van der Waals surface area contributed by atoms with E-state index in [4.69, 9.17) is 4.74 Å². The smallest absolute Gasteiger partial charge is 0.408 e. The Morgan fingerprint density at radius 1 is 1.13 bits per heavy atom. The van der Waals surface area contributed by atoms with Crippen molar-refractivity contribution in [3.8, 4) is 0 Å². The van der Waals surface area contributed by atoms with Crippen molar-refractivity contribution in [2.75, 3.05) is 0 Å². The molecule has 4 atom stereocenters. The Morgan fingerprint density at radius 3 is 2.16 bits per heavy atom. The highest BCUT2D eigenvalue weighted by Crippen LogP contribution is 2.64. The molecule has 0 saturated heterocycles. The van der Waals surface area contributed by atoms with Gasteiger partial charge in [-0.25, -0.2) is 4.79 Å². The molecule has 4 aliphatic rings. The molecule has 0 radical (unpaired) electrons. The highest BCUT2D eigenvalue weighted by atomic mass is 16.6. The molecule has 4 fully saturated rings. The molecule has 0 heterocycles. The molecule has 1 N–H and O–H groups in total. The molecule has 0 aromatic carbocycles. The quantitative estimate of drug-likeness (QED) is 0.569. The van der Waals surface area contributed by atoms with Crippen LogP contribution < -0.4 is 5.32 Å². The third-order valence-corrected chi connectivity index (χ3v) is 7.67. The fourth-order valence-corrected chi connectivity index (χ4v) is 6.96. The van der Waals surface area contributed by atoms with Gasteiger partial charge in [0.2, 0.25) is 5.91 Å². The molecule has 176 valence electrons. The van der Waals surface area contributed by atoms with E-state index in [0.29, 0.717) is 18.3 Å². The summed E-state index contributed by atoms with van der Waals surface area (Å²) in [6.45, 7) is 13.6. The number of carbonyl (C=O) groups is 2. The summed E-state index contributed by atoms with van der Waals surface area (Å²) in [5, 5.41) is 6.61. The average Bonchev–Trinajstić information content (AvgIpc) is 2.63. The van der Waals surface area contributed by atoms with Gasteiger partial charge in [0, 0.05) is 17.5 Å². The Labute approximate surface area is 187 Å². The molecule has 4 saturated carbocycles. The third kappa shape index (κ3) is 4.75. The van der Waals surface area contributed by atoms with E-state index in [9.17, 15) is 14.5 Å². The van der Waals surface area contributed by atoms with Gasteiger partial charge in [-0.1, -0.05) is 12.1 Å². The number of alkyl carbamates (subject to hydrolysis) is 1. The minimum atomic E-state index is -0.703. The molecule has 7 heteroatoms. The van der Waals surface area contributed by atoms with Gasteiger partial charge in [0.15, 0.2) is 0 Å². The van der Waals surface area contributed by atoms with Gasteiger partial charge in [-0.05, 0) is 98.3 Å². The SMILES string of the molecule is CCC(C)N(C(=O)C(NC(=O)OC(C)(C)C)C12CC3CC(CC(N=O)(C3)C1)C2)C(C)C. The minimum Gasteiger partial charge on any atom is -0.444 e. The maximum Gasteiger partial charge on any atom is 0.408 e. The van der Waals surface area contributed by atoms with E-state index in [-0.39, 0.29) is 18.0 Å². The predicted octanol–water partition coefficient (Wildman–Crippen LogP) is 5.02. The van der Waals surface area contributed by atoms with Crippen molar-refractivity contribution in [2.45, 2.75) is 123 Å². The number of hydrogen-bond acceptors (Lipinski definition) is 5. The van der Waals surface area contributed by atoms with Crippen LogP contribution in [0.15, 0.2) is 5.18 Å². The lowest BCUT2D eigenvalue weighted by Crippen LogP contribution is -2.66. The molecular weight excluding hydrogens is 394 g/mol. The number of hydrogen-bond donors (Lipinski definition) is 1. The summed E-state index contributed by atoms with van der Waals surface area (Å²) in [6, 6.07) is -0.634. The molecule has 2 amide bonds. The second-order valence-electron chi connectivity index (χ2n) is 11.8. The van der Waals surface area contributed by atoms with Crippen LogP contribution in [0, 0.1) is 22.2 Å². The van der Waals surface area contributed by atoms with Crippen LogP contribution >= 0.6 is 0 Å². The molecule has 0 aromatic heterocycles. The summed E-state index contributed by atoms with van der Waals surface area (Å²) in [5.74, 6) is 0.731. The molecular formula is C24H41N3O4. The van der Waals surface area contributed by atoms with Crippen LogP contribution in [0.3, 0.4) is 0 Å². The van der Waals surface area contributed by atoms with Crippen molar-refractivity contribution in [1.29, 1.82) is 0 Å². The van der Waals surface area contributed by atoms with Crippen LogP contribution in [0.1, 0.15) is 93.4 Å². The van der Waals surface area contributed by atoms with Crippen molar-refractivity contribution in [1.82, 2.24) is 10.2 Å². The van der Waals surface area contributed by atoms with E-state index in [2.05, 4.69) is 24.3 Å². The second kappa shape index (κ2) is 8.36.